The van der Waals surface area contributed by atoms with E-state index in [2.05, 4.69) is 34.1 Å². The summed E-state index contributed by atoms with van der Waals surface area (Å²) in [7, 11) is 0. The number of aryl methyl sites for hydroxylation is 1. The van der Waals surface area contributed by atoms with Gasteiger partial charge in [-0.3, -0.25) is 14.5 Å². The Morgan fingerprint density at radius 2 is 1.53 bits per heavy atom. The maximum absolute atomic E-state index is 13.0. The van der Waals surface area contributed by atoms with Crippen LogP contribution >= 0.6 is 0 Å². The number of benzene rings is 2. The second-order valence-corrected chi connectivity index (χ2v) is 7.44. The molecule has 4 rings (SSSR count). The van der Waals surface area contributed by atoms with Crippen LogP contribution in [-0.4, -0.2) is 40.3 Å². The van der Waals surface area contributed by atoms with Crippen LogP contribution in [0.1, 0.15) is 38.9 Å². The van der Waals surface area contributed by atoms with Crippen molar-refractivity contribution in [1.29, 1.82) is 0 Å². The maximum atomic E-state index is 13.0. The van der Waals surface area contributed by atoms with Crippen LogP contribution in [0.4, 0.5) is 4.79 Å². The van der Waals surface area contributed by atoms with Crippen LogP contribution in [0.2, 0.25) is 0 Å². The molecule has 3 amide bonds. The zero-order valence-corrected chi connectivity index (χ0v) is 17.0. The Labute approximate surface area is 175 Å². The average molecular weight is 401 g/mol. The van der Waals surface area contributed by atoms with E-state index >= 15 is 0 Å². The maximum Gasteiger partial charge on any atom is 0.325 e. The van der Waals surface area contributed by atoms with Crippen LogP contribution in [0.5, 0.6) is 0 Å². The van der Waals surface area contributed by atoms with Gasteiger partial charge in [-0.2, -0.15) is 0 Å². The van der Waals surface area contributed by atoms with Crippen LogP contribution in [0.3, 0.4) is 0 Å². The van der Waals surface area contributed by atoms with Gasteiger partial charge in [0.05, 0.1) is 19.1 Å². The summed E-state index contributed by atoms with van der Waals surface area (Å²) in [5.74, 6) is -0.631. The standard InChI is InChI=1S/C24H23N3O3/c1-16-13-20(21(28)15-26-22(29)14-25-24(26)30)17(2)27(16)23(18-9-5-3-6-10-18)19-11-7-4-8-12-19/h3-13,23H,14-15H2,1-2H3,(H,25,30). The fourth-order valence-electron chi connectivity index (χ4n) is 4.06. The second kappa shape index (κ2) is 7.99. The highest BCUT2D eigenvalue weighted by molar-refractivity contribution is 6.08. The lowest BCUT2D eigenvalue weighted by Gasteiger charge is -2.24. The molecule has 152 valence electrons. The molecule has 2 heterocycles. The second-order valence-electron chi connectivity index (χ2n) is 7.44. The molecule has 0 saturated carbocycles. The summed E-state index contributed by atoms with van der Waals surface area (Å²) in [6.45, 7) is 3.56. The van der Waals surface area contributed by atoms with E-state index < -0.39 is 6.03 Å². The number of urea groups is 1. The van der Waals surface area contributed by atoms with Gasteiger partial charge in [-0.15, -0.1) is 0 Å². The number of aromatic nitrogens is 1. The molecule has 1 aromatic heterocycles. The summed E-state index contributed by atoms with van der Waals surface area (Å²) in [5, 5.41) is 2.45. The Bertz CT molecular complexity index is 1050. The smallest absolute Gasteiger partial charge is 0.325 e. The fraction of sp³-hybridized carbons (Fsp3) is 0.208. The van der Waals surface area contributed by atoms with Crippen molar-refractivity contribution in [2.45, 2.75) is 19.9 Å². The van der Waals surface area contributed by atoms with Crippen molar-refractivity contribution in [2.24, 2.45) is 0 Å². The number of amides is 3. The molecule has 1 fully saturated rings. The van der Waals surface area contributed by atoms with Crippen molar-refractivity contribution in [3.05, 3.63) is 94.8 Å². The predicted octanol–water partition coefficient (Wildman–Crippen LogP) is 3.48. The Hall–Kier alpha value is -3.67. The topological polar surface area (TPSA) is 71.4 Å². The zero-order chi connectivity index (χ0) is 21.3. The largest absolute Gasteiger partial charge is 0.337 e. The first kappa shape index (κ1) is 19.6. The number of hydrogen-bond donors (Lipinski definition) is 1. The molecule has 1 saturated heterocycles. The van der Waals surface area contributed by atoms with Crippen molar-refractivity contribution < 1.29 is 14.4 Å². The number of ketones is 1. The monoisotopic (exact) mass is 401 g/mol. The lowest BCUT2D eigenvalue weighted by molar-refractivity contribution is -0.124. The summed E-state index contributed by atoms with van der Waals surface area (Å²) in [4.78, 5) is 37.7. The Kier molecular flexibility index (Phi) is 5.23. The van der Waals surface area contributed by atoms with Crippen LogP contribution in [0, 0.1) is 13.8 Å². The molecule has 0 radical (unpaired) electrons. The van der Waals surface area contributed by atoms with Gasteiger partial charge < -0.3 is 9.88 Å². The SMILES string of the molecule is Cc1cc(C(=O)CN2C(=O)CNC2=O)c(C)n1C(c1ccccc1)c1ccccc1. The number of carbonyl (C=O) groups excluding carboxylic acids is 3. The lowest BCUT2D eigenvalue weighted by Crippen LogP contribution is -2.35. The Morgan fingerprint density at radius 1 is 0.967 bits per heavy atom. The van der Waals surface area contributed by atoms with Gasteiger partial charge in [0.15, 0.2) is 5.78 Å². The number of hydrogen-bond acceptors (Lipinski definition) is 3. The number of Topliss-reactive ketones (excluding diaryl/α,β-unsaturated/α-hetero) is 1. The van der Waals surface area contributed by atoms with Gasteiger partial charge in [0, 0.05) is 17.0 Å². The third-order valence-electron chi connectivity index (χ3n) is 5.51. The van der Waals surface area contributed by atoms with Gasteiger partial charge >= 0.3 is 6.03 Å². The summed E-state index contributed by atoms with van der Waals surface area (Å²) < 4.78 is 2.14. The van der Waals surface area contributed by atoms with E-state index in [4.69, 9.17) is 0 Å². The van der Waals surface area contributed by atoms with E-state index in [9.17, 15) is 14.4 Å². The molecule has 0 spiro atoms. The molecular weight excluding hydrogens is 378 g/mol. The van der Waals surface area contributed by atoms with Gasteiger partial charge in [0.2, 0.25) is 5.91 Å². The highest BCUT2D eigenvalue weighted by Crippen LogP contribution is 2.31. The van der Waals surface area contributed by atoms with Gasteiger partial charge in [0.1, 0.15) is 0 Å². The molecule has 1 N–H and O–H groups in total. The third-order valence-corrected chi connectivity index (χ3v) is 5.51. The van der Waals surface area contributed by atoms with Crippen molar-refractivity contribution in [3.8, 4) is 0 Å². The number of imide groups is 1. The first-order valence-electron chi connectivity index (χ1n) is 9.87. The summed E-state index contributed by atoms with van der Waals surface area (Å²) in [5.41, 5.74) is 4.49. The quantitative estimate of drug-likeness (QED) is 0.508. The van der Waals surface area contributed by atoms with Crippen molar-refractivity contribution in [2.75, 3.05) is 13.1 Å². The van der Waals surface area contributed by atoms with E-state index in [0.29, 0.717) is 5.56 Å². The van der Waals surface area contributed by atoms with E-state index in [1.54, 1.807) is 0 Å². The van der Waals surface area contributed by atoms with Crippen LogP contribution in [0.25, 0.3) is 0 Å². The first-order valence-corrected chi connectivity index (χ1v) is 9.87. The molecular formula is C24H23N3O3. The van der Waals surface area contributed by atoms with Crippen LogP contribution < -0.4 is 5.32 Å². The molecule has 1 aliphatic rings. The summed E-state index contributed by atoms with van der Waals surface area (Å²) >= 11 is 0. The molecule has 2 aromatic carbocycles. The highest BCUT2D eigenvalue weighted by Gasteiger charge is 2.32. The summed E-state index contributed by atoms with van der Waals surface area (Å²) in [6, 6.07) is 21.5. The molecule has 6 heteroatoms. The molecule has 3 aromatic rings. The van der Waals surface area contributed by atoms with Gasteiger partial charge in [0.25, 0.3) is 0 Å². The lowest BCUT2D eigenvalue weighted by atomic mass is 9.98. The molecule has 0 aliphatic carbocycles. The first-order chi connectivity index (χ1) is 14.5. The van der Waals surface area contributed by atoms with E-state index in [1.807, 2.05) is 56.3 Å². The van der Waals surface area contributed by atoms with Crippen molar-refractivity contribution in [3.63, 3.8) is 0 Å². The number of rotatable bonds is 6. The number of carbonyl (C=O) groups is 3. The fourth-order valence-corrected chi connectivity index (χ4v) is 4.06. The average Bonchev–Trinajstić information content (AvgIpc) is 3.23. The third kappa shape index (κ3) is 3.52. The van der Waals surface area contributed by atoms with E-state index in [-0.39, 0.29) is 30.8 Å². The molecule has 1 aliphatic heterocycles. The molecule has 30 heavy (non-hydrogen) atoms. The summed E-state index contributed by atoms with van der Waals surface area (Å²) in [6.07, 6.45) is 0. The minimum absolute atomic E-state index is 0.0603. The van der Waals surface area contributed by atoms with Gasteiger partial charge in [-0.25, -0.2) is 4.79 Å². The van der Waals surface area contributed by atoms with Gasteiger partial charge in [-0.05, 0) is 31.0 Å². The molecule has 0 atom stereocenters. The minimum Gasteiger partial charge on any atom is -0.337 e. The highest BCUT2D eigenvalue weighted by atomic mass is 16.2. The number of nitrogens with one attached hydrogen (secondary N) is 1. The predicted molar refractivity (Wildman–Crippen MR) is 113 cm³/mol. The van der Waals surface area contributed by atoms with Crippen LogP contribution in [-0.2, 0) is 4.79 Å². The molecule has 0 bridgehead atoms. The zero-order valence-electron chi connectivity index (χ0n) is 17.0. The van der Waals surface area contributed by atoms with E-state index in [0.717, 1.165) is 27.4 Å². The molecule has 0 unspecified atom stereocenters. The van der Waals surface area contributed by atoms with Gasteiger partial charge in [-0.1, -0.05) is 60.7 Å². The minimum atomic E-state index is -0.520. The van der Waals surface area contributed by atoms with Crippen molar-refractivity contribution >= 4 is 17.7 Å². The normalized spacial score (nSPS) is 13.8. The van der Waals surface area contributed by atoms with Crippen molar-refractivity contribution in [1.82, 2.24) is 14.8 Å². The van der Waals surface area contributed by atoms with Crippen LogP contribution in [0.15, 0.2) is 66.7 Å². The Morgan fingerprint density at radius 3 is 2.03 bits per heavy atom. The Balaban J connectivity index is 1.75. The number of nitrogens with zero attached hydrogens (tertiary/aromatic N) is 2. The molecule has 6 nitrogen and oxygen atoms in total. The van der Waals surface area contributed by atoms with E-state index in [1.165, 1.54) is 0 Å².